The van der Waals surface area contributed by atoms with Crippen LogP contribution in [0.4, 0.5) is 149 Å². The Morgan fingerprint density at radius 2 is 0.302 bits per heavy atom. The van der Waals surface area contributed by atoms with Gasteiger partial charge in [0.1, 0.15) is 0 Å². The monoisotopic (exact) mass is 936 g/mol. The van der Waals surface area contributed by atoms with Gasteiger partial charge in [0.25, 0.3) is 0 Å². The van der Waals surface area contributed by atoms with Crippen molar-refractivity contribution in [1.29, 1.82) is 0 Å². The van der Waals surface area contributed by atoms with Crippen molar-refractivity contribution < 1.29 is 149 Å². The number of rotatable bonds is 14. The molecule has 0 saturated heterocycles. The molecule has 0 aromatic carbocycles. The van der Waals surface area contributed by atoms with E-state index in [1.807, 2.05) is 0 Å². The first-order chi connectivity index (χ1) is 22.0. The third-order valence-electron chi connectivity index (χ3n) is 6.23. The van der Waals surface area contributed by atoms with Crippen LogP contribution in [0.15, 0.2) is 0 Å². The average molecular weight is 937 g/mol. The number of hydrogen-bond acceptors (Lipinski definition) is 0. The third kappa shape index (κ3) is 5.83. The van der Waals surface area contributed by atoms with E-state index < -0.39 is 101 Å². The van der Waals surface area contributed by atoms with E-state index in [-0.39, 0.29) is 0 Å². The van der Waals surface area contributed by atoms with E-state index in [1.165, 1.54) is 0 Å². The Kier molecular flexibility index (Phi) is 11.8. The molecule has 0 N–H and O–H groups in total. The first-order valence-electron chi connectivity index (χ1n) is 10.8. The maximum Gasteiger partial charge on any atom is 0.460 e. The predicted octanol–water partition coefficient (Wildman–Crippen LogP) is 12.0. The fourth-order valence-electron chi connectivity index (χ4n) is 2.92. The summed E-state index contributed by atoms with van der Waals surface area (Å²) >= 11 is 7.11. The highest BCUT2D eigenvalue weighted by atomic mass is 35.7. The maximum atomic E-state index is 14.3. The Morgan fingerprint density at radius 1 is 0.189 bits per heavy atom. The normalized spacial score (nSPS) is 17.4. The lowest BCUT2D eigenvalue weighted by Crippen LogP contribution is -2.81. The molecule has 0 aliphatic rings. The fourth-order valence-corrected chi connectivity index (χ4v) is 5.84. The Hall–Kier alpha value is -1.58. The summed E-state index contributed by atoms with van der Waals surface area (Å²) in [5.74, 6) is -114. The van der Waals surface area contributed by atoms with Gasteiger partial charge < -0.3 is 0 Å². The number of hydrogen-bond donors (Lipinski definition) is 0. The van der Waals surface area contributed by atoms with E-state index >= 15 is 0 Å². The van der Waals surface area contributed by atoms with E-state index in [0.29, 0.717) is 0 Å². The van der Waals surface area contributed by atoms with Gasteiger partial charge in [-0.2, -0.15) is 132 Å². The second-order valence-corrected chi connectivity index (χ2v) is 16.0. The van der Waals surface area contributed by atoms with Crippen LogP contribution >= 0.6 is 22.2 Å². The first-order valence-corrected chi connectivity index (χ1v) is 14.8. The molecule has 0 saturated carbocycles. The molecule has 0 aliphatic heterocycles. The molecule has 320 valence electrons. The highest BCUT2D eigenvalue weighted by Gasteiger charge is 3.01. The van der Waals surface area contributed by atoms with Crippen LogP contribution in [0.5, 0.6) is 0 Å². The molecule has 0 aromatic rings. The molecule has 0 rings (SSSR count). The van der Waals surface area contributed by atoms with Crippen molar-refractivity contribution in [3.63, 3.8) is 0 Å². The molecule has 0 aromatic heterocycles. The fraction of sp³-hybridized carbons (Fsp3) is 1.00. The summed E-state index contributed by atoms with van der Waals surface area (Å²) in [6.07, 6.45) is -16.7. The minimum Gasteiger partial charge on any atom is -0.201 e. The van der Waals surface area contributed by atoms with E-state index in [4.69, 9.17) is 0 Å². The maximum absolute atomic E-state index is 14.3. The second-order valence-electron chi connectivity index (χ2n) is 9.61. The molecular formula is C16Cl2F34Si. The summed E-state index contributed by atoms with van der Waals surface area (Å²) in [4.78, 5) is 0. The summed E-state index contributed by atoms with van der Waals surface area (Å²) < 4.78 is 454. The van der Waals surface area contributed by atoms with E-state index in [0.717, 1.165) is 0 Å². The van der Waals surface area contributed by atoms with Crippen molar-refractivity contribution >= 4 is 28.9 Å². The molecule has 0 atom stereocenters. The molecule has 0 bridgehead atoms. The van der Waals surface area contributed by atoms with E-state index in [9.17, 15) is 149 Å². The Bertz CT molecular complexity index is 1250. The molecule has 0 spiro atoms. The van der Waals surface area contributed by atoms with E-state index in [2.05, 4.69) is 22.2 Å². The van der Waals surface area contributed by atoms with Crippen molar-refractivity contribution in [2.45, 2.75) is 94.5 Å². The molecule has 0 amide bonds. The van der Waals surface area contributed by atoms with Gasteiger partial charge in [0.05, 0.1) is 0 Å². The average Bonchev–Trinajstić information content (AvgIpc) is 2.89. The highest BCUT2D eigenvalue weighted by molar-refractivity contribution is 7.47. The summed E-state index contributed by atoms with van der Waals surface area (Å²) in [6, 6.07) is 0. The quantitative estimate of drug-likeness (QED) is 0.0925. The molecule has 0 aliphatic carbocycles. The van der Waals surface area contributed by atoms with Crippen LogP contribution in [0.25, 0.3) is 0 Å². The van der Waals surface area contributed by atoms with E-state index in [1.54, 1.807) is 0 Å². The zero-order valence-electron chi connectivity index (χ0n) is 22.1. The number of halogens is 36. The lowest BCUT2D eigenvalue weighted by atomic mass is 9.91. The van der Waals surface area contributed by atoms with Gasteiger partial charge in [0.15, 0.2) is 0 Å². The van der Waals surface area contributed by atoms with Gasteiger partial charge in [-0.25, -0.2) is 17.6 Å². The standard InChI is InChI=1S/C16Cl2F34Si/c17-53(18,15(49,50)11(39,40)7(31,32)3(23,24)1(19,20)5(27,28)9(35,36)13(43,44)45)16(51,52)12(41,42)8(33,34)4(25,26)2(21,22)6(29,30)10(37,38)14(46,47)48. The third-order valence-corrected chi connectivity index (χ3v) is 11.3. The minimum absolute atomic E-state index is 3.55. The highest BCUT2D eigenvalue weighted by Crippen LogP contribution is 2.70. The molecule has 0 heterocycles. The van der Waals surface area contributed by atoms with Crippen molar-refractivity contribution in [3.8, 4) is 0 Å². The van der Waals surface area contributed by atoms with Crippen molar-refractivity contribution in [3.05, 3.63) is 0 Å². The summed E-state index contributed by atoms with van der Waals surface area (Å²) in [5.41, 5.74) is -18.7. The predicted molar refractivity (Wildman–Crippen MR) is 98.8 cm³/mol. The van der Waals surface area contributed by atoms with Gasteiger partial charge in [-0.05, 0) is 0 Å². The van der Waals surface area contributed by atoms with Gasteiger partial charge in [-0.15, -0.1) is 22.2 Å². The second kappa shape index (κ2) is 12.2. The SMILES string of the molecule is FC(F)(F)C(F)(F)C(F)(F)C(F)(F)C(F)(F)C(F)(F)C(F)(F)C(F)(F)[Si](Cl)(Cl)C(F)(F)C(F)(F)C(F)(F)C(F)(F)C(F)(F)C(F)(F)C(F)(F)C(F)(F)F. The summed E-state index contributed by atoms with van der Waals surface area (Å²) in [6.45, 7) is -10.5. The van der Waals surface area contributed by atoms with Crippen molar-refractivity contribution in [2.75, 3.05) is 0 Å². The van der Waals surface area contributed by atoms with Crippen LogP contribution in [-0.2, 0) is 0 Å². The lowest BCUT2D eigenvalue weighted by Gasteiger charge is -2.47. The summed E-state index contributed by atoms with van der Waals surface area (Å²) in [5, 5.41) is 0. The molecule has 0 fully saturated rings. The van der Waals surface area contributed by atoms with Gasteiger partial charge in [0, 0.05) is 0 Å². The zero-order chi connectivity index (χ0) is 44.5. The zero-order valence-corrected chi connectivity index (χ0v) is 24.6. The molecule has 0 nitrogen and oxygen atoms in total. The Labute approximate surface area is 273 Å². The van der Waals surface area contributed by atoms with Gasteiger partial charge in [0.2, 0.25) is 0 Å². The van der Waals surface area contributed by atoms with Crippen molar-refractivity contribution in [2.24, 2.45) is 0 Å². The first kappa shape index (κ1) is 51.4. The van der Waals surface area contributed by atoms with Gasteiger partial charge in [-0.3, -0.25) is 0 Å². The van der Waals surface area contributed by atoms with Gasteiger partial charge >= 0.3 is 101 Å². The molecule has 53 heavy (non-hydrogen) atoms. The van der Waals surface area contributed by atoms with Crippen molar-refractivity contribution in [1.82, 2.24) is 0 Å². The molecule has 0 unspecified atom stereocenters. The van der Waals surface area contributed by atoms with Crippen LogP contribution in [-0.4, -0.2) is 101 Å². The molecule has 0 radical (unpaired) electrons. The Morgan fingerprint density at radius 3 is 0.434 bits per heavy atom. The van der Waals surface area contributed by atoms with Crippen LogP contribution < -0.4 is 0 Å². The van der Waals surface area contributed by atoms with Gasteiger partial charge in [-0.1, -0.05) is 0 Å². The van der Waals surface area contributed by atoms with Crippen LogP contribution in [0, 0.1) is 0 Å². The van der Waals surface area contributed by atoms with Crippen LogP contribution in [0.2, 0.25) is 0 Å². The Balaban J connectivity index is 7.78. The lowest BCUT2D eigenvalue weighted by molar-refractivity contribution is -0.460. The largest absolute Gasteiger partial charge is 0.460 e. The number of alkyl halides is 34. The smallest absolute Gasteiger partial charge is 0.201 e. The summed E-state index contributed by atoms with van der Waals surface area (Å²) in [7, 11) is 0. The minimum atomic E-state index is -10.5. The molecule has 37 heteroatoms. The molecular weight excluding hydrogens is 937 g/mol. The topological polar surface area (TPSA) is 0 Å². The van der Waals surface area contributed by atoms with Crippen LogP contribution in [0.3, 0.4) is 0 Å². The van der Waals surface area contributed by atoms with Crippen LogP contribution in [0.1, 0.15) is 0 Å².